The predicted octanol–water partition coefficient (Wildman–Crippen LogP) is 1.74. The fourth-order valence-corrected chi connectivity index (χ4v) is 1.83. The van der Waals surface area contributed by atoms with Gasteiger partial charge in [-0.25, -0.2) is 4.79 Å². The van der Waals surface area contributed by atoms with Crippen LogP contribution in [0, 0.1) is 0 Å². The Kier molecular flexibility index (Phi) is 2.73. The molecule has 4 heteroatoms. The monoisotopic (exact) mass is 221 g/mol. The third kappa shape index (κ3) is 2.27. The van der Waals surface area contributed by atoms with E-state index < -0.39 is 5.60 Å². The van der Waals surface area contributed by atoms with Gasteiger partial charge >= 0.3 is 6.09 Å². The second-order valence-corrected chi connectivity index (χ2v) is 4.22. The summed E-state index contributed by atoms with van der Waals surface area (Å²) in [6.45, 7) is 2.48. The average Bonchev–Trinajstić information content (AvgIpc) is 2.59. The van der Waals surface area contributed by atoms with Crippen LogP contribution in [0.2, 0.25) is 0 Å². The second kappa shape index (κ2) is 4.04. The van der Waals surface area contributed by atoms with Crippen molar-refractivity contribution in [1.82, 2.24) is 5.32 Å². The molecule has 1 aliphatic heterocycles. The number of carbonyl (C=O) groups excluding carboxylic acids is 1. The lowest BCUT2D eigenvalue weighted by Crippen LogP contribution is -2.31. The van der Waals surface area contributed by atoms with Gasteiger partial charge in [-0.15, -0.1) is 0 Å². The molecule has 1 aromatic rings. The van der Waals surface area contributed by atoms with E-state index in [-0.39, 0.29) is 6.09 Å². The molecule has 1 saturated heterocycles. The molecule has 1 atom stereocenters. The molecule has 16 heavy (non-hydrogen) atoms. The highest BCUT2D eigenvalue weighted by molar-refractivity contribution is 5.70. The van der Waals surface area contributed by atoms with Crippen LogP contribution >= 0.6 is 0 Å². The Labute approximate surface area is 94.6 Å². The number of hydrogen-bond acceptors (Lipinski definition) is 3. The topological polar surface area (TPSA) is 47.6 Å². The summed E-state index contributed by atoms with van der Waals surface area (Å²) >= 11 is 0. The molecule has 1 heterocycles. The minimum absolute atomic E-state index is 0.337. The van der Waals surface area contributed by atoms with E-state index in [9.17, 15) is 4.79 Å². The third-order valence-corrected chi connectivity index (χ3v) is 2.68. The zero-order chi connectivity index (χ0) is 11.6. The summed E-state index contributed by atoms with van der Waals surface area (Å²) in [6, 6.07) is 7.78. The van der Waals surface area contributed by atoms with Gasteiger partial charge in [0.25, 0.3) is 0 Å². The first-order valence-electron chi connectivity index (χ1n) is 5.21. The maximum absolute atomic E-state index is 11.0. The van der Waals surface area contributed by atoms with Crippen LogP contribution in [0.25, 0.3) is 0 Å². The molecule has 1 aliphatic rings. The van der Waals surface area contributed by atoms with Gasteiger partial charge in [-0.2, -0.15) is 0 Å². The van der Waals surface area contributed by atoms with Crippen LogP contribution in [-0.2, 0) is 11.2 Å². The Morgan fingerprint density at radius 3 is 2.62 bits per heavy atom. The van der Waals surface area contributed by atoms with Crippen molar-refractivity contribution in [2.24, 2.45) is 0 Å². The van der Waals surface area contributed by atoms with Crippen molar-refractivity contribution < 1.29 is 14.3 Å². The highest BCUT2D eigenvalue weighted by atomic mass is 16.6. The van der Waals surface area contributed by atoms with Crippen LogP contribution in [0.5, 0.6) is 5.75 Å². The highest BCUT2D eigenvalue weighted by Crippen LogP contribution is 2.22. The Morgan fingerprint density at radius 1 is 1.44 bits per heavy atom. The normalized spacial score (nSPS) is 23.8. The minimum Gasteiger partial charge on any atom is -0.497 e. The van der Waals surface area contributed by atoms with Gasteiger partial charge in [-0.05, 0) is 24.6 Å². The number of alkyl carbamates (subject to hydrolysis) is 1. The second-order valence-electron chi connectivity index (χ2n) is 4.22. The standard InChI is InChI=1S/C12H15NO3/c1-12(8-13-11(14)16-12)7-9-3-5-10(15-2)6-4-9/h3-6H,7-8H2,1-2H3,(H,13,14). The molecule has 1 fully saturated rings. The molecule has 0 spiro atoms. The van der Waals surface area contributed by atoms with E-state index in [0.717, 1.165) is 11.3 Å². The van der Waals surface area contributed by atoms with E-state index in [0.29, 0.717) is 13.0 Å². The van der Waals surface area contributed by atoms with Crippen molar-refractivity contribution in [3.05, 3.63) is 29.8 Å². The number of cyclic esters (lactones) is 1. The summed E-state index contributed by atoms with van der Waals surface area (Å²) in [5, 5.41) is 2.67. The fourth-order valence-electron chi connectivity index (χ4n) is 1.83. The zero-order valence-corrected chi connectivity index (χ0v) is 9.45. The first-order valence-corrected chi connectivity index (χ1v) is 5.21. The number of benzene rings is 1. The van der Waals surface area contributed by atoms with Gasteiger partial charge in [0.05, 0.1) is 13.7 Å². The Balaban J connectivity index is 2.06. The van der Waals surface area contributed by atoms with Crippen LogP contribution in [0.4, 0.5) is 4.79 Å². The number of nitrogens with one attached hydrogen (secondary N) is 1. The van der Waals surface area contributed by atoms with E-state index in [4.69, 9.17) is 9.47 Å². The molecule has 86 valence electrons. The molecule has 1 unspecified atom stereocenters. The van der Waals surface area contributed by atoms with Gasteiger partial charge in [-0.3, -0.25) is 0 Å². The first kappa shape index (κ1) is 10.8. The molecule has 2 rings (SSSR count). The first-order chi connectivity index (χ1) is 7.61. The number of amides is 1. The van der Waals surface area contributed by atoms with Gasteiger partial charge in [0.1, 0.15) is 11.4 Å². The maximum Gasteiger partial charge on any atom is 0.407 e. The summed E-state index contributed by atoms with van der Waals surface area (Å²) in [5.41, 5.74) is 0.686. The lowest BCUT2D eigenvalue weighted by molar-refractivity contribution is 0.0725. The molecule has 1 N–H and O–H groups in total. The van der Waals surface area contributed by atoms with Crippen molar-refractivity contribution in [3.8, 4) is 5.75 Å². The molecule has 4 nitrogen and oxygen atoms in total. The van der Waals surface area contributed by atoms with Crippen LogP contribution < -0.4 is 10.1 Å². The summed E-state index contributed by atoms with van der Waals surface area (Å²) in [4.78, 5) is 11.0. The van der Waals surface area contributed by atoms with E-state index in [2.05, 4.69) is 5.32 Å². The van der Waals surface area contributed by atoms with Crippen molar-refractivity contribution in [1.29, 1.82) is 0 Å². The van der Waals surface area contributed by atoms with Crippen molar-refractivity contribution in [3.63, 3.8) is 0 Å². The molecule has 1 amide bonds. The Bertz CT molecular complexity index is 388. The van der Waals surface area contributed by atoms with Crippen LogP contribution in [0.1, 0.15) is 12.5 Å². The molecular weight excluding hydrogens is 206 g/mol. The molecule has 0 bridgehead atoms. The van der Waals surface area contributed by atoms with Crippen molar-refractivity contribution >= 4 is 6.09 Å². The lowest BCUT2D eigenvalue weighted by atomic mass is 9.97. The quantitative estimate of drug-likeness (QED) is 0.845. The van der Waals surface area contributed by atoms with Gasteiger partial charge < -0.3 is 14.8 Å². The van der Waals surface area contributed by atoms with Crippen LogP contribution in [-0.4, -0.2) is 25.3 Å². The highest BCUT2D eigenvalue weighted by Gasteiger charge is 2.35. The summed E-state index contributed by atoms with van der Waals surface area (Å²) in [7, 11) is 1.64. The number of carbonyl (C=O) groups is 1. The van der Waals surface area contributed by atoms with E-state index >= 15 is 0 Å². The molecule has 0 radical (unpaired) electrons. The van der Waals surface area contributed by atoms with E-state index in [1.807, 2.05) is 31.2 Å². The smallest absolute Gasteiger partial charge is 0.407 e. The Morgan fingerprint density at radius 2 is 2.12 bits per heavy atom. The lowest BCUT2D eigenvalue weighted by Gasteiger charge is -2.20. The number of ether oxygens (including phenoxy) is 2. The summed E-state index contributed by atoms with van der Waals surface area (Å²) < 4.78 is 10.3. The molecule has 0 aliphatic carbocycles. The number of rotatable bonds is 3. The van der Waals surface area contributed by atoms with Gasteiger partial charge in [0.2, 0.25) is 0 Å². The maximum atomic E-state index is 11.0. The third-order valence-electron chi connectivity index (χ3n) is 2.68. The predicted molar refractivity (Wildman–Crippen MR) is 59.6 cm³/mol. The van der Waals surface area contributed by atoms with E-state index in [1.165, 1.54) is 0 Å². The van der Waals surface area contributed by atoms with Crippen LogP contribution in [0.3, 0.4) is 0 Å². The largest absolute Gasteiger partial charge is 0.497 e. The van der Waals surface area contributed by atoms with Gasteiger partial charge in [0, 0.05) is 6.42 Å². The van der Waals surface area contributed by atoms with Crippen molar-refractivity contribution in [2.45, 2.75) is 18.9 Å². The van der Waals surface area contributed by atoms with Gasteiger partial charge in [-0.1, -0.05) is 12.1 Å². The summed E-state index contributed by atoms with van der Waals surface area (Å²) in [5.74, 6) is 0.829. The molecular formula is C12H15NO3. The molecule has 0 aromatic heterocycles. The van der Waals surface area contributed by atoms with Gasteiger partial charge in [0.15, 0.2) is 0 Å². The average molecular weight is 221 g/mol. The Hall–Kier alpha value is -1.71. The molecule has 0 saturated carbocycles. The number of methoxy groups -OCH3 is 1. The summed E-state index contributed by atoms with van der Waals surface area (Å²) in [6.07, 6.45) is 0.367. The zero-order valence-electron chi connectivity index (χ0n) is 9.45. The fraction of sp³-hybridized carbons (Fsp3) is 0.417. The van der Waals surface area contributed by atoms with E-state index in [1.54, 1.807) is 7.11 Å². The molecule has 1 aromatic carbocycles. The van der Waals surface area contributed by atoms with Crippen LogP contribution in [0.15, 0.2) is 24.3 Å². The van der Waals surface area contributed by atoms with Crippen molar-refractivity contribution in [2.75, 3.05) is 13.7 Å². The SMILES string of the molecule is COc1ccc(CC2(C)CNC(=O)O2)cc1. The number of hydrogen-bond donors (Lipinski definition) is 1. The minimum atomic E-state index is -0.439.